The summed E-state index contributed by atoms with van der Waals surface area (Å²) in [6.07, 6.45) is 0. The largest absolute Gasteiger partial charge is 0.497 e. The van der Waals surface area contributed by atoms with E-state index < -0.39 is 11.5 Å². The van der Waals surface area contributed by atoms with Gasteiger partial charge in [-0.15, -0.1) is 0 Å². The Bertz CT molecular complexity index is 1230. The van der Waals surface area contributed by atoms with Gasteiger partial charge in [0.25, 0.3) is 5.91 Å². The monoisotopic (exact) mass is 462 g/mol. The summed E-state index contributed by atoms with van der Waals surface area (Å²) in [4.78, 5) is 33.3. The minimum atomic E-state index is -0.509. The highest BCUT2D eigenvalue weighted by atomic mass is 16.5. The quantitative estimate of drug-likeness (QED) is 0.555. The minimum absolute atomic E-state index is 0.0430. The van der Waals surface area contributed by atoms with Gasteiger partial charge in [0.1, 0.15) is 5.75 Å². The minimum Gasteiger partial charge on any atom is -0.497 e. The molecule has 2 aliphatic heterocycles. The van der Waals surface area contributed by atoms with Crippen molar-refractivity contribution in [3.8, 4) is 5.75 Å². The first-order valence-corrected chi connectivity index (χ1v) is 11.6. The molecule has 0 radical (unpaired) electrons. The summed E-state index contributed by atoms with van der Waals surface area (Å²) in [5.74, 6) is 0.593. The van der Waals surface area contributed by atoms with E-state index in [4.69, 9.17) is 4.74 Å². The molecule has 8 heteroatoms. The molecule has 3 amide bonds. The number of carbonyl (C=O) groups excluding carboxylic acids is 2. The maximum atomic E-state index is 13.6. The Morgan fingerprint density at radius 3 is 2.56 bits per heavy atom. The van der Waals surface area contributed by atoms with Crippen LogP contribution in [0.1, 0.15) is 41.5 Å². The SMILES string of the molecule is COc1ccc2c3c([nH]c2c1)[C@H](CO)N(C(=O)c1ccccc1)CC31CN(C(=O)NC(C)C)C1. The maximum absolute atomic E-state index is 13.6. The van der Waals surface area contributed by atoms with Crippen LogP contribution in [0, 0.1) is 0 Å². The Morgan fingerprint density at radius 2 is 1.91 bits per heavy atom. The number of nitrogens with zero attached hydrogens (tertiary/aromatic N) is 2. The molecule has 1 aromatic heterocycles. The zero-order valence-corrected chi connectivity index (χ0v) is 19.7. The first kappa shape index (κ1) is 22.3. The van der Waals surface area contributed by atoms with Crippen molar-refractivity contribution in [1.82, 2.24) is 20.1 Å². The average Bonchev–Trinajstić information content (AvgIpc) is 3.20. The fourth-order valence-electron chi connectivity index (χ4n) is 5.39. The molecule has 0 saturated carbocycles. The van der Waals surface area contributed by atoms with Crippen molar-refractivity contribution in [2.24, 2.45) is 0 Å². The number of amides is 3. The molecule has 0 unspecified atom stereocenters. The smallest absolute Gasteiger partial charge is 0.317 e. The van der Waals surface area contributed by atoms with Crippen molar-refractivity contribution >= 4 is 22.8 Å². The molecule has 34 heavy (non-hydrogen) atoms. The van der Waals surface area contributed by atoms with Crippen molar-refractivity contribution in [3.05, 3.63) is 65.4 Å². The summed E-state index contributed by atoms with van der Waals surface area (Å²) in [5.41, 5.74) is 2.94. The number of benzene rings is 2. The van der Waals surface area contributed by atoms with Crippen LogP contribution in [0.25, 0.3) is 10.9 Å². The Morgan fingerprint density at radius 1 is 1.18 bits per heavy atom. The lowest BCUT2D eigenvalue weighted by atomic mass is 9.68. The molecule has 1 atom stereocenters. The third-order valence-corrected chi connectivity index (χ3v) is 6.89. The van der Waals surface area contributed by atoms with Gasteiger partial charge in [0.2, 0.25) is 0 Å². The van der Waals surface area contributed by atoms with E-state index in [2.05, 4.69) is 10.3 Å². The van der Waals surface area contributed by atoms with E-state index in [-0.39, 0.29) is 24.6 Å². The highest BCUT2D eigenvalue weighted by Gasteiger charge is 2.55. The van der Waals surface area contributed by atoms with Crippen molar-refractivity contribution < 1.29 is 19.4 Å². The lowest BCUT2D eigenvalue weighted by molar-refractivity contribution is 0.0138. The number of carbonyl (C=O) groups is 2. The zero-order chi connectivity index (χ0) is 24.0. The van der Waals surface area contributed by atoms with Crippen LogP contribution in [0.2, 0.25) is 0 Å². The number of hydrogen-bond acceptors (Lipinski definition) is 4. The second-order valence-electron chi connectivity index (χ2n) is 9.56. The fraction of sp³-hybridized carbons (Fsp3) is 0.385. The molecule has 0 bridgehead atoms. The summed E-state index contributed by atoms with van der Waals surface area (Å²) >= 11 is 0. The maximum Gasteiger partial charge on any atom is 0.317 e. The van der Waals surface area contributed by atoms with Crippen molar-refractivity contribution in [2.75, 3.05) is 33.4 Å². The Balaban J connectivity index is 1.60. The molecule has 1 fully saturated rings. The van der Waals surface area contributed by atoms with Crippen molar-refractivity contribution in [2.45, 2.75) is 31.3 Å². The summed E-state index contributed by atoms with van der Waals surface area (Å²) in [7, 11) is 1.62. The lowest BCUT2D eigenvalue weighted by Gasteiger charge is -2.56. The number of methoxy groups -OCH3 is 1. The number of aromatic amines is 1. The number of ether oxygens (including phenoxy) is 1. The van der Waals surface area contributed by atoms with Crippen LogP contribution in [0.4, 0.5) is 4.79 Å². The summed E-state index contributed by atoms with van der Waals surface area (Å²) in [6, 6.07) is 14.4. The topological polar surface area (TPSA) is 97.9 Å². The van der Waals surface area contributed by atoms with Crippen LogP contribution in [-0.2, 0) is 5.41 Å². The molecule has 3 aromatic rings. The normalized spacial score (nSPS) is 18.7. The zero-order valence-electron chi connectivity index (χ0n) is 19.7. The highest BCUT2D eigenvalue weighted by Crippen LogP contribution is 2.48. The van der Waals surface area contributed by atoms with Crippen LogP contribution in [-0.4, -0.2) is 71.2 Å². The van der Waals surface area contributed by atoms with E-state index in [1.165, 1.54) is 0 Å². The number of likely N-dealkylation sites (tertiary alicyclic amines) is 1. The molecule has 8 nitrogen and oxygen atoms in total. The van der Waals surface area contributed by atoms with Crippen molar-refractivity contribution in [1.29, 1.82) is 0 Å². The summed E-state index contributed by atoms with van der Waals surface area (Å²) < 4.78 is 5.41. The van der Waals surface area contributed by atoms with Gasteiger partial charge in [0.15, 0.2) is 0 Å². The molecule has 3 N–H and O–H groups in total. The predicted molar refractivity (Wildman–Crippen MR) is 129 cm³/mol. The number of fused-ring (bicyclic) bond motifs is 4. The molecule has 1 spiro atoms. The van der Waals surface area contributed by atoms with Gasteiger partial charge in [0, 0.05) is 53.9 Å². The van der Waals surface area contributed by atoms with Gasteiger partial charge in [-0.3, -0.25) is 4.79 Å². The van der Waals surface area contributed by atoms with E-state index in [0.29, 0.717) is 25.2 Å². The summed E-state index contributed by atoms with van der Waals surface area (Å²) in [6.45, 7) is 5.08. The fourth-order valence-corrected chi connectivity index (χ4v) is 5.39. The van der Waals surface area contributed by atoms with Gasteiger partial charge >= 0.3 is 6.03 Å². The van der Waals surface area contributed by atoms with E-state index in [9.17, 15) is 14.7 Å². The second kappa shape index (κ2) is 8.36. The number of urea groups is 1. The number of aliphatic hydroxyl groups excluding tert-OH is 1. The Hall–Kier alpha value is -3.52. The number of aliphatic hydroxyl groups is 1. The van der Waals surface area contributed by atoms with E-state index >= 15 is 0 Å². The second-order valence-corrected chi connectivity index (χ2v) is 9.56. The van der Waals surface area contributed by atoms with E-state index in [1.807, 2.05) is 50.2 Å². The molecule has 3 heterocycles. The molecular weight excluding hydrogens is 432 g/mol. The van der Waals surface area contributed by atoms with Gasteiger partial charge in [0.05, 0.1) is 25.2 Å². The molecular formula is C26H30N4O4. The average molecular weight is 463 g/mol. The molecule has 0 aliphatic carbocycles. The highest BCUT2D eigenvalue weighted by molar-refractivity contribution is 5.96. The number of nitrogens with one attached hydrogen (secondary N) is 2. The van der Waals surface area contributed by atoms with Crippen LogP contribution >= 0.6 is 0 Å². The van der Waals surface area contributed by atoms with Crippen LogP contribution < -0.4 is 10.1 Å². The standard InChI is InChI=1S/C26H30N4O4/c1-16(2)27-25(33)29-13-26(14-29)15-30(24(32)17-7-5-4-6-8-17)21(12-31)23-22(26)19-10-9-18(34-3)11-20(19)28-23/h4-11,16,21,28,31H,12-15H2,1-3H3,(H,27,33)/t21-/m0/s1. The molecule has 2 aliphatic rings. The van der Waals surface area contributed by atoms with Gasteiger partial charge in [-0.05, 0) is 43.7 Å². The van der Waals surface area contributed by atoms with Gasteiger partial charge in [-0.2, -0.15) is 0 Å². The first-order chi connectivity index (χ1) is 16.4. The van der Waals surface area contributed by atoms with Crippen LogP contribution in [0.3, 0.4) is 0 Å². The van der Waals surface area contributed by atoms with Gasteiger partial charge in [-0.1, -0.05) is 18.2 Å². The van der Waals surface area contributed by atoms with Crippen LogP contribution in [0.15, 0.2) is 48.5 Å². The Labute approximate surface area is 198 Å². The van der Waals surface area contributed by atoms with Crippen LogP contribution in [0.5, 0.6) is 5.75 Å². The third-order valence-electron chi connectivity index (χ3n) is 6.89. The third kappa shape index (κ3) is 3.49. The first-order valence-electron chi connectivity index (χ1n) is 11.6. The lowest BCUT2D eigenvalue weighted by Crippen LogP contribution is -2.69. The number of aromatic nitrogens is 1. The number of hydrogen-bond donors (Lipinski definition) is 3. The van der Waals surface area contributed by atoms with E-state index in [1.54, 1.807) is 29.0 Å². The van der Waals surface area contributed by atoms with Crippen molar-refractivity contribution in [3.63, 3.8) is 0 Å². The molecule has 1 saturated heterocycles. The van der Waals surface area contributed by atoms with Gasteiger partial charge < -0.3 is 29.9 Å². The predicted octanol–water partition coefficient (Wildman–Crippen LogP) is 3.04. The van der Waals surface area contributed by atoms with Gasteiger partial charge in [-0.25, -0.2) is 4.79 Å². The number of rotatable bonds is 4. The number of H-pyrrole nitrogens is 1. The van der Waals surface area contributed by atoms with E-state index in [0.717, 1.165) is 27.9 Å². The molecule has 178 valence electrons. The summed E-state index contributed by atoms with van der Waals surface area (Å²) in [5, 5.41) is 14.4. The Kier molecular flexibility index (Phi) is 5.48. The molecule has 2 aromatic carbocycles. The molecule has 5 rings (SSSR count).